The van der Waals surface area contributed by atoms with Gasteiger partial charge in [-0.15, -0.1) is 0 Å². The summed E-state index contributed by atoms with van der Waals surface area (Å²) in [6, 6.07) is 16.8. The summed E-state index contributed by atoms with van der Waals surface area (Å²) in [6.45, 7) is 5.63. The van der Waals surface area contributed by atoms with Crippen LogP contribution >= 0.6 is 0 Å². The summed E-state index contributed by atoms with van der Waals surface area (Å²) in [5, 5.41) is 12.3. The van der Waals surface area contributed by atoms with Crippen molar-refractivity contribution in [2.75, 3.05) is 31.6 Å². The molecule has 9 nitrogen and oxygen atoms in total. The third kappa shape index (κ3) is 6.34. The van der Waals surface area contributed by atoms with E-state index in [0.29, 0.717) is 30.1 Å². The van der Waals surface area contributed by atoms with Gasteiger partial charge >= 0.3 is 0 Å². The molecule has 1 amide bonds. The molecule has 1 fully saturated rings. The van der Waals surface area contributed by atoms with Gasteiger partial charge < -0.3 is 15.0 Å². The van der Waals surface area contributed by atoms with E-state index in [4.69, 9.17) is 4.74 Å². The summed E-state index contributed by atoms with van der Waals surface area (Å²) >= 11 is 0. The fraction of sp³-hybridized carbons (Fsp3) is 0.278. The van der Waals surface area contributed by atoms with Crippen molar-refractivity contribution in [2.24, 2.45) is 0 Å². The maximum absolute atomic E-state index is 14.8. The number of fused-ring (bicyclic) bond motifs is 2. The molecule has 46 heavy (non-hydrogen) atoms. The summed E-state index contributed by atoms with van der Waals surface area (Å²) in [7, 11) is 0. The average Bonchev–Trinajstić information content (AvgIpc) is 3.83. The Morgan fingerprint density at radius 1 is 1.00 bits per heavy atom. The number of carbonyl (C=O) groups is 1. The predicted octanol–water partition coefficient (Wildman–Crippen LogP) is 7.58. The molecule has 1 aliphatic rings. The third-order valence-electron chi connectivity index (χ3n) is 8.51. The van der Waals surface area contributed by atoms with Gasteiger partial charge in [0.1, 0.15) is 18.2 Å². The van der Waals surface area contributed by atoms with Crippen molar-refractivity contribution in [1.29, 1.82) is 0 Å². The number of benzene rings is 2. The van der Waals surface area contributed by atoms with Gasteiger partial charge in [0.05, 0.1) is 23.3 Å². The Kier molecular flexibility index (Phi) is 8.43. The van der Waals surface area contributed by atoms with E-state index in [2.05, 4.69) is 48.4 Å². The number of nitrogens with one attached hydrogen (secondary N) is 3. The first kappa shape index (κ1) is 29.6. The van der Waals surface area contributed by atoms with Crippen LogP contribution in [0.2, 0.25) is 0 Å². The molecule has 1 aliphatic heterocycles. The summed E-state index contributed by atoms with van der Waals surface area (Å²) in [4.78, 5) is 27.1. The number of amides is 1. The van der Waals surface area contributed by atoms with Gasteiger partial charge in [-0.1, -0.05) is 25.5 Å². The maximum Gasteiger partial charge on any atom is 0.224 e. The van der Waals surface area contributed by atoms with Crippen molar-refractivity contribution in [3.05, 3.63) is 79.0 Å². The lowest BCUT2D eigenvalue weighted by Gasteiger charge is -2.15. The summed E-state index contributed by atoms with van der Waals surface area (Å²) in [5.74, 6) is 0.169. The van der Waals surface area contributed by atoms with Gasteiger partial charge in [-0.3, -0.25) is 19.8 Å². The normalized spacial score (nSPS) is 13.5. The zero-order valence-corrected chi connectivity index (χ0v) is 25.8. The number of aromatic nitrogens is 5. The molecule has 2 aromatic carbocycles. The smallest absolute Gasteiger partial charge is 0.224 e. The highest BCUT2D eigenvalue weighted by Crippen LogP contribution is 2.36. The third-order valence-corrected chi connectivity index (χ3v) is 8.51. The van der Waals surface area contributed by atoms with Crippen LogP contribution in [0.4, 0.5) is 10.1 Å². The number of H-pyrrole nitrogens is 2. The van der Waals surface area contributed by atoms with E-state index < -0.39 is 0 Å². The largest absolute Gasteiger partial charge is 0.492 e. The Balaban J connectivity index is 1.17. The van der Waals surface area contributed by atoms with E-state index in [1.54, 1.807) is 24.7 Å². The van der Waals surface area contributed by atoms with Crippen molar-refractivity contribution in [2.45, 2.75) is 39.0 Å². The number of rotatable bonds is 11. The molecule has 0 radical (unpaired) electrons. The van der Waals surface area contributed by atoms with Crippen molar-refractivity contribution in [3.8, 4) is 39.4 Å². The van der Waals surface area contributed by atoms with Gasteiger partial charge in [0.15, 0.2) is 5.65 Å². The minimum Gasteiger partial charge on any atom is -0.492 e. The summed E-state index contributed by atoms with van der Waals surface area (Å²) < 4.78 is 20.8. The van der Waals surface area contributed by atoms with Gasteiger partial charge in [-0.05, 0) is 79.9 Å². The number of nitrogens with zero attached hydrogens (tertiary/aromatic N) is 4. The Hall–Kier alpha value is -5.09. The highest BCUT2D eigenvalue weighted by molar-refractivity contribution is 6.01. The quantitative estimate of drug-likeness (QED) is 0.138. The van der Waals surface area contributed by atoms with Crippen molar-refractivity contribution >= 4 is 33.5 Å². The number of anilines is 1. The lowest BCUT2D eigenvalue weighted by atomic mass is 10.0. The van der Waals surface area contributed by atoms with E-state index >= 15 is 0 Å². The zero-order valence-electron chi connectivity index (χ0n) is 25.8. The zero-order chi connectivity index (χ0) is 31.5. The second kappa shape index (κ2) is 13.1. The standard InChI is InChI=1S/C36H36FN7O2/c1-2-3-9-34(45)40-27-15-24(20-38-22-27)25-17-31-35(42-43-36(31)39-21-25)33-19-30-29(7-6-8-32(30)41-33)23-14-26(37)18-28(16-23)46-13-12-44-10-4-5-11-44/h6-8,14-22,41H,2-5,9-13H2,1H3,(H,40,45)(H,39,42,43). The van der Waals surface area contributed by atoms with Crippen LogP contribution in [0.25, 0.3) is 55.6 Å². The second-order valence-corrected chi connectivity index (χ2v) is 11.8. The van der Waals surface area contributed by atoms with Crippen LogP contribution in [0.5, 0.6) is 5.75 Å². The van der Waals surface area contributed by atoms with Gasteiger partial charge in [-0.2, -0.15) is 5.10 Å². The van der Waals surface area contributed by atoms with Crippen LogP contribution in [0.1, 0.15) is 39.0 Å². The number of likely N-dealkylation sites (tertiary alicyclic amines) is 1. The fourth-order valence-corrected chi connectivity index (χ4v) is 6.13. The molecule has 0 bridgehead atoms. The minimum atomic E-state index is -0.335. The first-order chi connectivity index (χ1) is 22.5. The molecular formula is C36H36FN7O2. The number of halogens is 1. The van der Waals surface area contributed by atoms with Crippen molar-refractivity contribution in [1.82, 2.24) is 30.0 Å². The van der Waals surface area contributed by atoms with Gasteiger partial charge in [-0.25, -0.2) is 9.37 Å². The molecule has 0 saturated carbocycles. The highest BCUT2D eigenvalue weighted by atomic mass is 19.1. The van der Waals surface area contributed by atoms with E-state index in [9.17, 15) is 9.18 Å². The van der Waals surface area contributed by atoms with Gasteiger partial charge in [0.2, 0.25) is 5.91 Å². The average molecular weight is 618 g/mol. The van der Waals surface area contributed by atoms with Crippen LogP contribution in [-0.2, 0) is 4.79 Å². The lowest BCUT2D eigenvalue weighted by molar-refractivity contribution is -0.116. The fourth-order valence-electron chi connectivity index (χ4n) is 6.13. The Morgan fingerprint density at radius 3 is 2.74 bits per heavy atom. The molecule has 6 aromatic rings. The Morgan fingerprint density at radius 2 is 1.87 bits per heavy atom. The van der Waals surface area contributed by atoms with Crippen LogP contribution in [0, 0.1) is 5.82 Å². The monoisotopic (exact) mass is 617 g/mol. The predicted molar refractivity (Wildman–Crippen MR) is 179 cm³/mol. The van der Waals surface area contributed by atoms with Gasteiger partial charge in [0, 0.05) is 58.8 Å². The summed E-state index contributed by atoms with van der Waals surface area (Å²) in [5.41, 5.74) is 7.08. The van der Waals surface area contributed by atoms with E-state index in [0.717, 1.165) is 82.4 Å². The molecule has 10 heteroatoms. The van der Waals surface area contributed by atoms with Crippen molar-refractivity contribution < 1.29 is 13.9 Å². The Labute approximate surface area is 266 Å². The van der Waals surface area contributed by atoms with Crippen LogP contribution < -0.4 is 10.1 Å². The van der Waals surface area contributed by atoms with Crippen molar-refractivity contribution in [3.63, 3.8) is 0 Å². The van der Waals surface area contributed by atoms with Crippen LogP contribution in [0.3, 0.4) is 0 Å². The molecular weight excluding hydrogens is 581 g/mol. The number of hydrogen-bond acceptors (Lipinski definition) is 6. The molecule has 234 valence electrons. The first-order valence-electron chi connectivity index (χ1n) is 15.9. The summed E-state index contributed by atoms with van der Waals surface area (Å²) in [6.07, 6.45) is 9.89. The van der Waals surface area contributed by atoms with Crippen LogP contribution in [-0.4, -0.2) is 62.2 Å². The topological polar surface area (TPSA) is 112 Å². The number of ether oxygens (including phenoxy) is 1. The van der Waals surface area contributed by atoms with E-state index in [1.165, 1.54) is 18.9 Å². The molecule has 0 spiro atoms. The van der Waals surface area contributed by atoms with E-state index in [1.807, 2.05) is 36.4 Å². The molecule has 4 aromatic heterocycles. The SMILES string of the molecule is CCCCC(=O)Nc1cncc(-c2cnc3n[nH]c(-c4cc5c(-c6cc(F)cc(OCCN7CCCC7)c6)cccc5[nH]4)c3c2)c1. The number of hydrogen-bond donors (Lipinski definition) is 3. The Bertz CT molecular complexity index is 2010. The highest BCUT2D eigenvalue weighted by Gasteiger charge is 2.16. The molecule has 7 rings (SSSR count). The van der Waals surface area contributed by atoms with Crippen LogP contribution in [0.15, 0.2) is 73.2 Å². The molecule has 0 unspecified atom stereocenters. The first-order valence-corrected chi connectivity index (χ1v) is 15.9. The minimum absolute atomic E-state index is 0.0239. The van der Waals surface area contributed by atoms with Gasteiger partial charge in [0.25, 0.3) is 0 Å². The molecule has 0 atom stereocenters. The number of unbranched alkanes of at least 4 members (excludes halogenated alkanes) is 1. The molecule has 0 aliphatic carbocycles. The molecule has 5 heterocycles. The second-order valence-electron chi connectivity index (χ2n) is 11.8. The molecule has 3 N–H and O–H groups in total. The van der Waals surface area contributed by atoms with E-state index in [-0.39, 0.29) is 11.7 Å². The number of pyridine rings is 2. The lowest BCUT2D eigenvalue weighted by Crippen LogP contribution is -2.25. The molecule has 1 saturated heterocycles. The number of carbonyl (C=O) groups excluding carboxylic acids is 1. The maximum atomic E-state index is 14.8. The number of aromatic amines is 2.